The molecule has 0 bridgehead atoms. The Morgan fingerprint density at radius 1 is 1.38 bits per heavy atom. The van der Waals surface area contributed by atoms with Crippen LogP contribution in [0.15, 0.2) is 24.3 Å². The fraction of sp³-hybridized carbons (Fsp3) is 0.300. The Balaban J connectivity index is 2.94. The lowest BCUT2D eigenvalue weighted by Crippen LogP contribution is -2.37. The standard InChI is InChI=1S/C10H11F3N2O/c1-7(16)14-15(2)9-5-3-4-8(6-9)10(11,12)13/h3-6H,1-2H3,(H,14,16). The van der Waals surface area contributed by atoms with Crippen molar-refractivity contribution >= 4 is 11.6 Å². The van der Waals surface area contributed by atoms with Gasteiger partial charge in [0.2, 0.25) is 5.91 Å². The first kappa shape index (κ1) is 12.4. The van der Waals surface area contributed by atoms with E-state index in [1.165, 1.54) is 31.1 Å². The Bertz CT molecular complexity index is 390. The number of amides is 1. The maximum Gasteiger partial charge on any atom is 0.416 e. The van der Waals surface area contributed by atoms with Gasteiger partial charge < -0.3 is 0 Å². The van der Waals surface area contributed by atoms with Crippen molar-refractivity contribution in [2.45, 2.75) is 13.1 Å². The van der Waals surface area contributed by atoms with E-state index in [0.29, 0.717) is 0 Å². The number of benzene rings is 1. The lowest BCUT2D eigenvalue weighted by molar-refractivity contribution is -0.137. The fourth-order valence-corrected chi connectivity index (χ4v) is 1.19. The minimum atomic E-state index is -4.38. The third-order valence-corrected chi connectivity index (χ3v) is 1.89. The largest absolute Gasteiger partial charge is 0.416 e. The molecular weight excluding hydrogens is 221 g/mol. The Labute approximate surface area is 90.8 Å². The summed E-state index contributed by atoms with van der Waals surface area (Å²) in [6.45, 7) is 1.28. The van der Waals surface area contributed by atoms with E-state index in [9.17, 15) is 18.0 Å². The lowest BCUT2D eigenvalue weighted by atomic mass is 10.2. The van der Waals surface area contributed by atoms with Crippen LogP contribution >= 0.6 is 0 Å². The van der Waals surface area contributed by atoms with E-state index in [1.807, 2.05) is 0 Å². The molecule has 16 heavy (non-hydrogen) atoms. The van der Waals surface area contributed by atoms with Crippen LogP contribution in [0.2, 0.25) is 0 Å². The average Bonchev–Trinajstić information content (AvgIpc) is 2.15. The van der Waals surface area contributed by atoms with Gasteiger partial charge in [0.05, 0.1) is 11.3 Å². The highest BCUT2D eigenvalue weighted by Crippen LogP contribution is 2.31. The highest BCUT2D eigenvalue weighted by molar-refractivity contribution is 5.75. The molecule has 0 heterocycles. The smallest absolute Gasteiger partial charge is 0.289 e. The molecule has 1 rings (SSSR count). The number of hydrazine groups is 1. The summed E-state index contributed by atoms with van der Waals surface area (Å²) in [6, 6.07) is 4.71. The Kier molecular flexibility index (Phi) is 3.41. The Morgan fingerprint density at radius 2 is 2.00 bits per heavy atom. The molecule has 1 aromatic rings. The molecule has 0 spiro atoms. The van der Waals surface area contributed by atoms with Crippen LogP contribution in [-0.2, 0) is 11.0 Å². The summed E-state index contributed by atoms with van der Waals surface area (Å²) in [4.78, 5) is 10.7. The second-order valence-corrected chi connectivity index (χ2v) is 3.28. The van der Waals surface area contributed by atoms with E-state index in [1.54, 1.807) is 0 Å². The second-order valence-electron chi connectivity index (χ2n) is 3.28. The van der Waals surface area contributed by atoms with E-state index < -0.39 is 11.7 Å². The zero-order chi connectivity index (χ0) is 12.3. The van der Waals surface area contributed by atoms with Crippen LogP contribution in [0.25, 0.3) is 0 Å². The zero-order valence-electron chi connectivity index (χ0n) is 8.80. The summed E-state index contributed by atoms with van der Waals surface area (Å²) in [5, 5.41) is 1.23. The number of halogens is 3. The summed E-state index contributed by atoms with van der Waals surface area (Å²) in [5.41, 5.74) is 1.89. The van der Waals surface area contributed by atoms with Crippen molar-refractivity contribution in [3.8, 4) is 0 Å². The molecular formula is C10H11F3N2O. The van der Waals surface area contributed by atoms with E-state index in [-0.39, 0.29) is 11.6 Å². The average molecular weight is 232 g/mol. The summed E-state index contributed by atoms with van der Waals surface area (Å²) in [6.07, 6.45) is -4.38. The second kappa shape index (κ2) is 4.42. The first-order valence-corrected chi connectivity index (χ1v) is 4.49. The molecule has 0 saturated heterocycles. The monoisotopic (exact) mass is 232 g/mol. The molecule has 0 fully saturated rings. The van der Waals surface area contributed by atoms with Crippen LogP contribution in [0.5, 0.6) is 0 Å². The molecule has 88 valence electrons. The van der Waals surface area contributed by atoms with Crippen molar-refractivity contribution in [3.63, 3.8) is 0 Å². The van der Waals surface area contributed by atoms with Crippen molar-refractivity contribution in [1.82, 2.24) is 5.43 Å². The van der Waals surface area contributed by atoms with E-state index in [4.69, 9.17) is 0 Å². The number of nitrogens with one attached hydrogen (secondary N) is 1. The zero-order valence-corrected chi connectivity index (χ0v) is 8.80. The fourth-order valence-electron chi connectivity index (χ4n) is 1.19. The van der Waals surface area contributed by atoms with Crippen molar-refractivity contribution < 1.29 is 18.0 Å². The predicted molar refractivity (Wildman–Crippen MR) is 53.7 cm³/mol. The van der Waals surface area contributed by atoms with Crippen molar-refractivity contribution in [2.75, 3.05) is 12.1 Å². The summed E-state index contributed by atoms with van der Waals surface area (Å²) >= 11 is 0. The third kappa shape index (κ3) is 3.15. The first-order chi connectivity index (χ1) is 7.30. The normalized spacial score (nSPS) is 11.1. The summed E-state index contributed by atoms with van der Waals surface area (Å²) < 4.78 is 37.2. The minimum Gasteiger partial charge on any atom is -0.289 e. The number of nitrogens with zero attached hydrogens (tertiary/aromatic N) is 1. The third-order valence-electron chi connectivity index (χ3n) is 1.89. The number of anilines is 1. The molecule has 6 heteroatoms. The molecule has 1 aromatic carbocycles. The van der Waals surface area contributed by atoms with Gasteiger partial charge in [-0.25, -0.2) is 0 Å². The van der Waals surface area contributed by atoms with Gasteiger partial charge in [-0.3, -0.25) is 15.2 Å². The molecule has 1 amide bonds. The molecule has 0 aliphatic rings. The Hall–Kier alpha value is -1.72. The number of alkyl halides is 3. The Morgan fingerprint density at radius 3 is 2.50 bits per heavy atom. The molecule has 0 atom stereocenters. The van der Waals surface area contributed by atoms with Gasteiger partial charge >= 0.3 is 6.18 Å². The van der Waals surface area contributed by atoms with Crippen LogP contribution < -0.4 is 10.4 Å². The minimum absolute atomic E-state index is 0.269. The number of hydrogen-bond acceptors (Lipinski definition) is 2. The lowest BCUT2D eigenvalue weighted by Gasteiger charge is -2.20. The number of hydrogen-bond donors (Lipinski definition) is 1. The predicted octanol–water partition coefficient (Wildman–Crippen LogP) is 2.19. The topological polar surface area (TPSA) is 32.3 Å². The number of rotatable bonds is 2. The van der Waals surface area contributed by atoms with Gasteiger partial charge in [-0.2, -0.15) is 13.2 Å². The molecule has 0 aliphatic heterocycles. The van der Waals surface area contributed by atoms with Crippen molar-refractivity contribution in [3.05, 3.63) is 29.8 Å². The van der Waals surface area contributed by atoms with Crippen LogP contribution in [0.3, 0.4) is 0 Å². The molecule has 0 saturated carbocycles. The quantitative estimate of drug-likeness (QED) is 0.793. The molecule has 3 nitrogen and oxygen atoms in total. The van der Waals surface area contributed by atoms with E-state index >= 15 is 0 Å². The number of carbonyl (C=O) groups is 1. The van der Waals surface area contributed by atoms with Crippen LogP contribution in [0, 0.1) is 0 Å². The maximum absolute atomic E-state index is 12.4. The van der Waals surface area contributed by atoms with Gasteiger partial charge in [-0.15, -0.1) is 0 Å². The summed E-state index contributed by atoms with van der Waals surface area (Å²) in [5.74, 6) is -0.347. The molecule has 0 aliphatic carbocycles. The van der Waals surface area contributed by atoms with Crippen LogP contribution in [0.4, 0.5) is 18.9 Å². The molecule has 0 aromatic heterocycles. The van der Waals surface area contributed by atoms with Crippen LogP contribution in [-0.4, -0.2) is 13.0 Å². The molecule has 0 unspecified atom stereocenters. The molecule has 1 N–H and O–H groups in total. The SMILES string of the molecule is CC(=O)NN(C)c1cccc(C(F)(F)F)c1. The molecule has 0 radical (unpaired) electrons. The van der Waals surface area contributed by atoms with Gasteiger partial charge in [0, 0.05) is 14.0 Å². The highest BCUT2D eigenvalue weighted by atomic mass is 19.4. The number of carbonyl (C=O) groups excluding carboxylic acids is 1. The summed E-state index contributed by atoms with van der Waals surface area (Å²) in [7, 11) is 1.47. The van der Waals surface area contributed by atoms with E-state index in [2.05, 4.69) is 5.43 Å². The highest BCUT2D eigenvalue weighted by Gasteiger charge is 2.30. The van der Waals surface area contributed by atoms with Crippen LogP contribution in [0.1, 0.15) is 12.5 Å². The van der Waals surface area contributed by atoms with Crippen molar-refractivity contribution in [2.24, 2.45) is 0 Å². The van der Waals surface area contributed by atoms with Gasteiger partial charge in [-0.05, 0) is 18.2 Å². The van der Waals surface area contributed by atoms with Gasteiger partial charge in [0.1, 0.15) is 0 Å². The van der Waals surface area contributed by atoms with Gasteiger partial charge in [0.25, 0.3) is 0 Å². The van der Waals surface area contributed by atoms with Crippen molar-refractivity contribution in [1.29, 1.82) is 0 Å². The van der Waals surface area contributed by atoms with Gasteiger partial charge in [0.15, 0.2) is 0 Å². The maximum atomic E-state index is 12.4. The van der Waals surface area contributed by atoms with Gasteiger partial charge in [-0.1, -0.05) is 6.07 Å². The first-order valence-electron chi connectivity index (χ1n) is 4.49. The van der Waals surface area contributed by atoms with E-state index in [0.717, 1.165) is 12.1 Å².